The van der Waals surface area contributed by atoms with Gasteiger partial charge in [0, 0.05) is 12.2 Å². The highest BCUT2D eigenvalue weighted by Gasteiger charge is 2.11. The van der Waals surface area contributed by atoms with Crippen molar-refractivity contribution in [2.75, 3.05) is 11.9 Å². The molecule has 2 N–H and O–H groups in total. The Bertz CT molecular complexity index is 679. The van der Waals surface area contributed by atoms with Crippen molar-refractivity contribution in [2.24, 2.45) is 0 Å². The van der Waals surface area contributed by atoms with Crippen molar-refractivity contribution >= 4 is 11.7 Å². The molecule has 0 radical (unpaired) electrons. The molecule has 0 aliphatic rings. The number of hydrogen-bond donors (Lipinski definition) is 2. The number of urea groups is 1. The van der Waals surface area contributed by atoms with Crippen LogP contribution in [0.2, 0.25) is 0 Å². The van der Waals surface area contributed by atoms with Crippen molar-refractivity contribution in [1.29, 1.82) is 0 Å². The van der Waals surface area contributed by atoms with Crippen LogP contribution in [0, 0.1) is 6.92 Å². The van der Waals surface area contributed by atoms with E-state index in [-0.39, 0.29) is 6.03 Å². The van der Waals surface area contributed by atoms with Gasteiger partial charge in [-0.15, -0.1) is 0 Å². The molecule has 0 saturated carbocycles. The molecule has 0 bridgehead atoms. The van der Waals surface area contributed by atoms with Crippen molar-refractivity contribution in [2.45, 2.75) is 40.2 Å². The normalized spacial score (nSPS) is 10.5. The zero-order valence-electron chi connectivity index (χ0n) is 14.8. The van der Waals surface area contributed by atoms with E-state index in [1.54, 1.807) is 0 Å². The van der Waals surface area contributed by atoms with Gasteiger partial charge in [0.25, 0.3) is 0 Å². The number of amides is 2. The lowest BCUT2D eigenvalue weighted by Gasteiger charge is -2.17. The van der Waals surface area contributed by atoms with E-state index in [2.05, 4.69) is 30.5 Å². The average Bonchev–Trinajstić information content (AvgIpc) is 2.56. The molecule has 0 fully saturated rings. The van der Waals surface area contributed by atoms with Gasteiger partial charge in [-0.1, -0.05) is 44.2 Å². The molecule has 0 atom stereocenters. The van der Waals surface area contributed by atoms with Crippen LogP contribution in [0.1, 0.15) is 43.4 Å². The summed E-state index contributed by atoms with van der Waals surface area (Å²) in [6.45, 7) is 9.33. The van der Waals surface area contributed by atoms with Gasteiger partial charge in [0.2, 0.25) is 0 Å². The van der Waals surface area contributed by atoms with E-state index in [4.69, 9.17) is 4.74 Å². The summed E-state index contributed by atoms with van der Waals surface area (Å²) in [6, 6.07) is 13.6. The minimum Gasteiger partial charge on any atom is -0.494 e. The first-order valence-corrected chi connectivity index (χ1v) is 8.37. The van der Waals surface area contributed by atoms with Crippen LogP contribution in [-0.4, -0.2) is 12.6 Å². The van der Waals surface area contributed by atoms with Crippen LogP contribution in [0.4, 0.5) is 10.5 Å². The van der Waals surface area contributed by atoms with Crippen molar-refractivity contribution in [3.05, 3.63) is 59.2 Å². The quantitative estimate of drug-likeness (QED) is 0.798. The van der Waals surface area contributed by atoms with Crippen LogP contribution in [0.5, 0.6) is 5.75 Å². The molecule has 4 heteroatoms. The molecule has 2 amide bonds. The lowest BCUT2D eigenvalue weighted by molar-refractivity contribution is 0.251. The Morgan fingerprint density at radius 2 is 1.83 bits per heavy atom. The fraction of sp³-hybridized carbons (Fsp3) is 0.350. The van der Waals surface area contributed by atoms with Gasteiger partial charge >= 0.3 is 6.03 Å². The number of carbonyl (C=O) groups excluding carboxylic acids is 1. The van der Waals surface area contributed by atoms with Crippen LogP contribution in [0.3, 0.4) is 0 Å². The van der Waals surface area contributed by atoms with Crippen LogP contribution in [-0.2, 0) is 6.54 Å². The molecule has 2 aromatic rings. The van der Waals surface area contributed by atoms with Gasteiger partial charge in [-0.25, -0.2) is 4.79 Å². The molecular weight excluding hydrogens is 300 g/mol. The monoisotopic (exact) mass is 326 g/mol. The molecule has 128 valence electrons. The lowest BCUT2D eigenvalue weighted by atomic mass is 9.98. The molecule has 0 saturated heterocycles. The van der Waals surface area contributed by atoms with Gasteiger partial charge in [0.15, 0.2) is 0 Å². The summed E-state index contributed by atoms with van der Waals surface area (Å²) in [5, 5.41) is 5.89. The van der Waals surface area contributed by atoms with Crippen molar-refractivity contribution in [3.8, 4) is 5.75 Å². The predicted octanol–water partition coefficient (Wildman–Crippen LogP) is 4.84. The first-order chi connectivity index (χ1) is 11.5. The first kappa shape index (κ1) is 17.9. The van der Waals surface area contributed by atoms with E-state index >= 15 is 0 Å². The topological polar surface area (TPSA) is 50.4 Å². The van der Waals surface area contributed by atoms with Gasteiger partial charge in [-0.3, -0.25) is 0 Å². The molecular formula is C20H26N2O2. The van der Waals surface area contributed by atoms with E-state index < -0.39 is 0 Å². The number of carbonyl (C=O) groups is 1. The third kappa shape index (κ3) is 4.75. The first-order valence-electron chi connectivity index (χ1n) is 8.37. The van der Waals surface area contributed by atoms with Gasteiger partial charge in [0.1, 0.15) is 5.75 Å². The predicted molar refractivity (Wildman–Crippen MR) is 98.7 cm³/mol. The summed E-state index contributed by atoms with van der Waals surface area (Å²) >= 11 is 0. The number of ether oxygens (including phenoxy) is 1. The Balaban J connectivity index is 1.96. The molecule has 0 aliphatic carbocycles. The molecule has 2 aromatic carbocycles. The molecule has 0 aliphatic heterocycles. The second kappa shape index (κ2) is 8.39. The Morgan fingerprint density at radius 3 is 2.46 bits per heavy atom. The number of nitrogens with one attached hydrogen (secondary N) is 2. The van der Waals surface area contributed by atoms with Gasteiger partial charge in [-0.05, 0) is 48.6 Å². The zero-order chi connectivity index (χ0) is 17.5. The van der Waals surface area contributed by atoms with Crippen molar-refractivity contribution < 1.29 is 9.53 Å². The second-order valence-corrected chi connectivity index (χ2v) is 6.08. The molecule has 4 nitrogen and oxygen atoms in total. The van der Waals surface area contributed by atoms with E-state index in [0.29, 0.717) is 19.1 Å². The van der Waals surface area contributed by atoms with Crippen molar-refractivity contribution in [1.82, 2.24) is 5.32 Å². The van der Waals surface area contributed by atoms with Crippen LogP contribution in [0.15, 0.2) is 42.5 Å². The highest BCUT2D eigenvalue weighted by Crippen LogP contribution is 2.27. The molecule has 2 rings (SSSR count). The minimum absolute atomic E-state index is 0.194. The Hall–Kier alpha value is -2.49. The summed E-state index contributed by atoms with van der Waals surface area (Å²) in [6.07, 6.45) is 0. The van der Waals surface area contributed by atoms with E-state index in [9.17, 15) is 4.79 Å². The third-order valence-corrected chi connectivity index (χ3v) is 3.85. The van der Waals surface area contributed by atoms with Crippen molar-refractivity contribution in [3.63, 3.8) is 0 Å². The largest absolute Gasteiger partial charge is 0.494 e. The Kier molecular flexibility index (Phi) is 6.24. The molecule has 0 heterocycles. The summed E-state index contributed by atoms with van der Waals surface area (Å²) < 4.78 is 5.41. The second-order valence-electron chi connectivity index (χ2n) is 6.08. The number of para-hydroxylation sites is 1. The number of rotatable bonds is 6. The lowest BCUT2D eigenvalue weighted by Crippen LogP contribution is -2.29. The summed E-state index contributed by atoms with van der Waals surface area (Å²) in [7, 11) is 0. The number of anilines is 1. The van der Waals surface area contributed by atoms with Crippen LogP contribution >= 0.6 is 0 Å². The number of hydrogen-bond acceptors (Lipinski definition) is 2. The third-order valence-electron chi connectivity index (χ3n) is 3.85. The Labute approximate surface area is 144 Å². The van der Waals surface area contributed by atoms with Gasteiger partial charge in [-0.2, -0.15) is 0 Å². The maximum Gasteiger partial charge on any atom is 0.319 e. The van der Waals surface area contributed by atoms with Crippen LogP contribution < -0.4 is 15.4 Å². The fourth-order valence-electron chi connectivity index (χ4n) is 2.55. The molecule has 0 spiro atoms. The molecule has 0 unspecified atom stereocenters. The summed E-state index contributed by atoms with van der Waals surface area (Å²) in [5.41, 5.74) is 4.14. The summed E-state index contributed by atoms with van der Waals surface area (Å²) in [5.74, 6) is 1.19. The summed E-state index contributed by atoms with van der Waals surface area (Å²) in [4.78, 5) is 12.2. The van der Waals surface area contributed by atoms with Gasteiger partial charge in [0.05, 0.1) is 6.61 Å². The maximum absolute atomic E-state index is 12.2. The Morgan fingerprint density at radius 1 is 1.12 bits per heavy atom. The molecule has 24 heavy (non-hydrogen) atoms. The van der Waals surface area contributed by atoms with Crippen LogP contribution in [0.25, 0.3) is 0 Å². The van der Waals surface area contributed by atoms with E-state index in [1.165, 1.54) is 0 Å². The SMILES string of the molecule is CCOc1ccc(CNC(=O)Nc2c(C)cccc2C(C)C)cc1. The highest BCUT2D eigenvalue weighted by molar-refractivity contribution is 5.91. The van der Waals surface area contributed by atoms with E-state index in [1.807, 2.05) is 50.2 Å². The molecule has 0 aromatic heterocycles. The number of aryl methyl sites for hydroxylation is 1. The maximum atomic E-state index is 12.2. The highest BCUT2D eigenvalue weighted by atomic mass is 16.5. The minimum atomic E-state index is -0.194. The smallest absolute Gasteiger partial charge is 0.319 e. The standard InChI is InChI=1S/C20H26N2O2/c1-5-24-17-11-9-16(10-12-17)13-21-20(23)22-19-15(4)7-6-8-18(19)14(2)3/h6-12,14H,5,13H2,1-4H3,(H2,21,22,23). The van der Waals surface area contributed by atoms with E-state index in [0.717, 1.165) is 28.1 Å². The van der Waals surface area contributed by atoms with Gasteiger partial charge < -0.3 is 15.4 Å². The zero-order valence-corrected chi connectivity index (χ0v) is 14.8. The number of benzene rings is 2. The fourth-order valence-corrected chi connectivity index (χ4v) is 2.55. The average molecular weight is 326 g/mol.